The number of pyridine rings is 1. The fourth-order valence-corrected chi connectivity index (χ4v) is 5.63. The highest BCUT2D eigenvalue weighted by molar-refractivity contribution is 8.18. The van der Waals surface area contributed by atoms with E-state index in [1.807, 2.05) is 49.4 Å². The maximum absolute atomic E-state index is 11.9. The molecule has 5 rings (SSSR count). The van der Waals surface area contributed by atoms with Crippen LogP contribution in [-0.4, -0.2) is 16.1 Å². The normalized spacial score (nSPS) is 15.1. The van der Waals surface area contributed by atoms with Crippen LogP contribution in [0.4, 0.5) is 4.79 Å². The molecule has 2 aromatic carbocycles. The van der Waals surface area contributed by atoms with Crippen molar-refractivity contribution in [3.63, 3.8) is 0 Å². The number of rotatable bonds is 2. The summed E-state index contributed by atoms with van der Waals surface area (Å²) in [7, 11) is 0. The number of thioether (sulfide) groups is 1. The zero-order valence-electron chi connectivity index (χ0n) is 15.7. The molecule has 0 unspecified atom stereocenters. The second kappa shape index (κ2) is 7.10. The van der Waals surface area contributed by atoms with E-state index in [4.69, 9.17) is 0 Å². The Morgan fingerprint density at radius 2 is 2.03 bits per heavy atom. The van der Waals surface area contributed by atoms with Crippen molar-refractivity contribution in [2.24, 2.45) is 0 Å². The van der Waals surface area contributed by atoms with Gasteiger partial charge in [-0.2, -0.15) is 5.26 Å². The maximum Gasteiger partial charge on any atom is 0.290 e. The van der Waals surface area contributed by atoms with E-state index < -0.39 is 0 Å². The fraction of sp³-hybridized carbons (Fsp3) is 0.0435. The van der Waals surface area contributed by atoms with E-state index in [0.29, 0.717) is 10.5 Å². The van der Waals surface area contributed by atoms with E-state index in [0.717, 1.165) is 54.3 Å². The molecule has 1 N–H and O–H groups in total. The molecule has 1 aliphatic heterocycles. The molecule has 0 aliphatic carbocycles. The van der Waals surface area contributed by atoms with Crippen LogP contribution in [0.1, 0.15) is 16.7 Å². The smallest absolute Gasteiger partial charge is 0.282 e. The van der Waals surface area contributed by atoms with Gasteiger partial charge in [-0.3, -0.25) is 19.9 Å². The Morgan fingerprint density at radius 3 is 2.80 bits per heavy atom. The standard InChI is InChI=1S/C23H13N3O2S2/c1-12-20-14(11-24)3-2-4-18(20)29-21(12)15-7-8-25-17-6-5-13(9-16(15)17)10-19-22(27)26-23(28)30-19/h2-10H,1H3,(H,26,27,28)/b19-10-. The number of aryl methyl sites for hydroxylation is 1. The largest absolute Gasteiger partial charge is 0.290 e. The Morgan fingerprint density at radius 1 is 1.17 bits per heavy atom. The molecular weight excluding hydrogens is 414 g/mol. The van der Waals surface area contributed by atoms with Crippen molar-refractivity contribution in [3.8, 4) is 16.5 Å². The van der Waals surface area contributed by atoms with Gasteiger partial charge < -0.3 is 0 Å². The molecule has 0 spiro atoms. The van der Waals surface area contributed by atoms with Crippen molar-refractivity contribution in [3.05, 3.63) is 70.3 Å². The van der Waals surface area contributed by atoms with Gasteiger partial charge in [0.05, 0.1) is 22.1 Å². The molecule has 7 heteroatoms. The van der Waals surface area contributed by atoms with Gasteiger partial charge in [0.15, 0.2) is 0 Å². The quantitative estimate of drug-likeness (QED) is 0.420. The number of nitrogens with one attached hydrogen (secondary N) is 1. The molecule has 0 saturated carbocycles. The number of carbonyl (C=O) groups is 2. The van der Waals surface area contributed by atoms with Gasteiger partial charge in [-0.25, -0.2) is 0 Å². The van der Waals surface area contributed by atoms with E-state index in [1.165, 1.54) is 0 Å². The molecule has 30 heavy (non-hydrogen) atoms. The van der Waals surface area contributed by atoms with Gasteiger partial charge in [-0.05, 0) is 66.2 Å². The van der Waals surface area contributed by atoms with Crippen LogP contribution in [0.25, 0.3) is 37.5 Å². The third-order valence-corrected chi connectivity index (χ3v) is 7.13. The van der Waals surface area contributed by atoms with Gasteiger partial charge in [0.1, 0.15) is 0 Å². The summed E-state index contributed by atoms with van der Waals surface area (Å²) in [5.74, 6) is -0.374. The van der Waals surface area contributed by atoms with Gasteiger partial charge in [-0.15, -0.1) is 11.3 Å². The number of hydrogen-bond donors (Lipinski definition) is 1. The lowest BCUT2D eigenvalue weighted by Gasteiger charge is -2.07. The van der Waals surface area contributed by atoms with E-state index in [9.17, 15) is 14.9 Å². The van der Waals surface area contributed by atoms with Crippen LogP contribution in [0.15, 0.2) is 53.6 Å². The fourth-order valence-electron chi connectivity index (χ4n) is 3.68. The zero-order valence-corrected chi connectivity index (χ0v) is 17.4. The van der Waals surface area contributed by atoms with Crippen LogP contribution in [0.3, 0.4) is 0 Å². The first kappa shape index (κ1) is 18.6. The highest BCUT2D eigenvalue weighted by atomic mass is 32.2. The molecule has 2 aromatic heterocycles. The zero-order chi connectivity index (χ0) is 20.8. The molecule has 0 bridgehead atoms. The van der Waals surface area contributed by atoms with Crippen molar-refractivity contribution in [2.45, 2.75) is 6.92 Å². The number of benzene rings is 2. The molecule has 144 valence electrons. The lowest BCUT2D eigenvalue weighted by molar-refractivity contribution is -0.115. The molecule has 1 fully saturated rings. The Labute approximate surface area is 180 Å². The summed E-state index contributed by atoms with van der Waals surface area (Å²) >= 11 is 2.55. The first-order valence-corrected chi connectivity index (χ1v) is 10.7. The first-order chi connectivity index (χ1) is 14.5. The molecule has 2 amide bonds. The van der Waals surface area contributed by atoms with Gasteiger partial charge >= 0.3 is 0 Å². The molecule has 0 atom stereocenters. The van der Waals surface area contributed by atoms with Crippen molar-refractivity contribution >= 4 is 61.3 Å². The summed E-state index contributed by atoms with van der Waals surface area (Å²) in [5.41, 5.74) is 4.43. The number of hydrogen-bond acceptors (Lipinski definition) is 6. The first-order valence-electron chi connectivity index (χ1n) is 9.11. The predicted octanol–water partition coefficient (Wildman–Crippen LogP) is 5.62. The minimum atomic E-state index is -0.374. The lowest BCUT2D eigenvalue weighted by atomic mass is 10.00. The molecular formula is C23H13N3O2S2. The number of fused-ring (bicyclic) bond motifs is 2. The van der Waals surface area contributed by atoms with Crippen LogP contribution >= 0.6 is 23.1 Å². The summed E-state index contributed by atoms with van der Waals surface area (Å²) in [4.78, 5) is 29.3. The van der Waals surface area contributed by atoms with E-state index in [1.54, 1.807) is 23.6 Å². The van der Waals surface area contributed by atoms with Gasteiger partial charge in [0.25, 0.3) is 11.1 Å². The SMILES string of the molecule is Cc1c(-c2ccnc3ccc(/C=C4\SC(=O)NC4=O)cc23)sc2cccc(C#N)c12. The van der Waals surface area contributed by atoms with Crippen molar-refractivity contribution in [1.29, 1.82) is 5.26 Å². The highest BCUT2D eigenvalue weighted by Gasteiger charge is 2.25. The van der Waals surface area contributed by atoms with Crippen LogP contribution in [0, 0.1) is 18.3 Å². The minimum Gasteiger partial charge on any atom is -0.282 e. The van der Waals surface area contributed by atoms with Gasteiger partial charge in [0.2, 0.25) is 0 Å². The van der Waals surface area contributed by atoms with Crippen LogP contribution in [0.5, 0.6) is 0 Å². The van der Waals surface area contributed by atoms with Gasteiger partial charge in [-0.1, -0.05) is 12.1 Å². The predicted molar refractivity (Wildman–Crippen MR) is 121 cm³/mol. The van der Waals surface area contributed by atoms with Crippen molar-refractivity contribution in [2.75, 3.05) is 0 Å². The Hall–Kier alpha value is -3.47. The highest BCUT2D eigenvalue weighted by Crippen LogP contribution is 2.42. The Balaban J connectivity index is 1.71. The van der Waals surface area contributed by atoms with E-state index in [-0.39, 0.29) is 11.1 Å². The third-order valence-electron chi connectivity index (χ3n) is 5.02. The molecule has 0 radical (unpaired) electrons. The number of amides is 2. The minimum absolute atomic E-state index is 0.358. The number of nitrogens with zero attached hydrogens (tertiary/aromatic N) is 2. The van der Waals surface area contributed by atoms with E-state index in [2.05, 4.69) is 16.4 Å². The van der Waals surface area contributed by atoms with Crippen molar-refractivity contribution in [1.82, 2.24) is 10.3 Å². The van der Waals surface area contributed by atoms with Crippen LogP contribution in [0.2, 0.25) is 0 Å². The Kier molecular flexibility index (Phi) is 4.39. The van der Waals surface area contributed by atoms with Gasteiger partial charge in [0, 0.05) is 32.1 Å². The number of thiophene rings is 1. The molecule has 5 nitrogen and oxygen atoms in total. The number of aromatic nitrogens is 1. The third kappa shape index (κ3) is 2.98. The summed E-state index contributed by atoms with van der Waals surface area (Å²) in [6.45, 7) is 2.04. The second-order valence-corrected chi connectivity index (χ2v) is 8.90. The number of imide groups is 1. The Bertz CT molecular complexity index is 1460. The molecule has 1 saturated heterocycles. The van der Waals surface area contributed by atoms with Crippen molar-refractivity contribution < 1.29 is 9.59 Å². The lowest BCUT2D eigenvalue weighted by Crippen LogP contribution is -2.17. The average Bonchev–Trinajstić information content (AvgIpc) is 3.25. The second-order valence-electron chi connectivity index (χ2n) is 6.83. The molecule has 4 aromatic rings. The topological polar surface area (TPSA) is 82.8 Å². The molecule has 3 heterocycles. The maximum atomic E-state index is 11.9. The van der Waals surface area contributed by atoms with E-state index >= 15 is 0 Å². The number of nitriles is 1. The summed E-state index contributed by atoms with van der Waals surface area (Å²) in [5, 5.41) is 13.4. The summed E-state index contributed by atoms with van der Waals surface area (Å²) < 4.78 is 1.07. The monoisotopic (exact) mass is 427 g/mol. The van der Waals surface area contributed by atoms with Crippen LogP contribution in [-0.2, 0) is 4.79 Å². The summed E-state index contributed by atoms with van der Waals surface area (Å²) in [6.07, 6.45) is 3.50. The average molecular weight is 428 g/mol. The molecule has 1 aliphatic rings. The number of carbonyl (C=O) groups excluding carboxylic acids is 2. The summed E-state index contributed by atoms with van der Waals surface area (Å²) in [6, 6.07) is 15.8. The van der Waals surface area contributed by atoms with Crippen LogP contribution < -0.4 is 5.32 Å².